The molecule has 0 bridgehead atoms. The van der Waals surface area contributed by atoms with Gasteiger partial charge in [-0.05, 0) is 57.5 Å². The van der Waals surface area contributed by atoms with Gasteiger partial charge in [0.25, 0.3) is 15.9 Å². The molecule has 0 aromatic carbocycles. The largest absolute Gasteiger partial charge is 0.438 e. The Labute approximate surface area is 137 Å². The van der Waals surface area contributed by atoms with Gasteiger partial charge in [0.2, 0.25) is 5.09 Å². The minimum Gasteiger partial charge on any atom is -0.438 e. The summed E-state index contributed by atoms with van der Waals surface area (Å²) in [5.74, 6) is 0.356. The van der Waals surface area contributed by atoms with E-state index in [-0.39, 0.29) is 10.9 Å². The van der Waals surface area contributed by atoms with Crippen molar-refractivity contribution < 1.29 is 17.6 Å². The highest BCUT2D eigenvalue weighted by Crippen LogP contribution is 2.15. The van der Waals surface area contributed by atoms with E-state index >= 15 is 0 Å². The highest BCUT2D eigenvalue weighted by molar-refractivity contribution is 7.89. The number of nitrogens with zero attached hydrogens (tertiary/aromatic N) is 1. The average molecular weight is 343 g/mol. The number of nitrogens with one attached hydrogen (secondary N) is 2. The topological polar surface area (TPSA) is 91.6 Å². The number of sulfonamides is 1. The third kappa shape index (κ3) is 5.05. The molecule has 130 valence electrons. The van der Waals surface area contributed by atoms with Crippen molar-refractivity contribution in [1.29, 1.82) is 0 Å². The molecule has 1 aliphatic heterocycles. The maximum Gasteiger partial charge on any atom is 0.287 e. The summed E-state index contributed by atoms with van der Waals surface area (Å²) < 4.78 is 30.3. The van der Waals surface area contributed by atoms with Gasteiger partial charge in [0.15, 0.2) is 5.76 Å². The molecule has 2 heterocycles. The average Bonchev–Trinajstić information content (AvgIpc) is 3.02. The zero-order chi connectivity index (χ0) is 16.9. The summed E-state index contributed by atoms with van der Waals surface area (Å²) in [5, 5.41) is 2.50. The summed E-state index contributed by atoms with van der Waals surface area (Å²) in [6.45, 7) is 6.02. The van der Waals surface area contributed by atoms with Gasteiger partial charge in [0, 0.05) is 13.1 Å². The Hall–Kier alpha value is -1.38. The van der Waals surface area contributed by atoms with Crippen LogP contribution >= 0.6 is 0 Å². The second kappa shape index (κ2) is 7.94. The lowest BCUT2D eigenvalue weighted by atomic mass is 10.0. The normalized spacial score (nSPS) is 19.7. The fourth-order valence-electron chi connectivity index (χ4n) is 2.77. The second-order valence-electron chi connectivity index (χ2n) is 5.98. The fraction of sp³-hybridized carbons (Fsp3) is 0.667. The van der Waals surface area contributed by atoms with Crippen LogP contribution in [0.2, 0.25) is 0 Å². The number of carbonyl (C=O) groups is 1. The molecule has 1 saturated heterocycles. The van der Waals surface area contributed by atoms with Gasteiger partial charge in [-0.25, -0.2) is 13.1 Å². The second-order valence-corrected chi connectivity index (χ2v) is 7.80. The molecule has 1 atom stereocenters. The Morgan fingerprint density at radius 1 is 1.43 bits per heavy atom. The summed E-state index contributed by atoms with van der Waals surface area (Å²) in [6.07, 6.45) is 3.40. The van der Waals surface area contributed by atoms with Crippen LogP contribution in [0.15, 0.2) is 21.6 Å². The molecule has 7 nitrogen and oxygen atoms in total. The third-order valence-electron chi connectivity index (χ3n) is 4.02. The highest BCUT2D eigenvalue weighted by Gasteiger charge is 2.19. The maximum atomic E-state index is 11.9. The SMILES string of the molecule is CNS(=O)(=O)c1ccc(C(=O)NCCCN2CCC[C@H](C)C2)o1. The lowest BCUT2D eigenvalue weighted by Crippen LogP contribution is -2.36. The van der Waals surface area contributed by atoms with Crippen LogP contribution in [0.1, 0.15) is 36.7 Å². The van der Waals surface area contributed by atoms with Gasteiger partial charge in [0.05, 0.1) is 0 Å². The van der Waals surface area contributed by atoms with E-state index in [9.17, 15) is 13.2 Å². The first-order valence-electron chi connectivity index (χ1n) is 7.96. The quantitative estimate of drug-likeness (QED) is 0.722. The number of rotatable bonds is 7. The van der Waals surface area contributed by atoms with E-state index in [2.05, 4.69) is 21.9 Å². The summed E-state index contributed by atoms with van der Waals surface area (Å²) >= 11 is 0. The number of carbonyl (C=O) groups excluding carboxylic acids is 1. The Balaban J connectivity index is 1.75. The number of hydrogen-bond donors (Lipinski definition) is 2. The van der Waals surface area contributed by atoms with Crippen LogP contribution in [-0.2, 0) is 10.0 Å². The molecule has 1 amide bonds. The number of furan rings is 1. The fourth-order valence-corrected chi connectivity index (χ4v) is 3.42. The molecule has 8 heteroatoms. The lowest BCUT2D eigenvalue weighted by Gasteiger charge is -2.30. The molecule has 1 fully saturated rings. The first-order valence-corrected chi connectivity index (χ1v) is 9.44. The van der Waals surface area contributed by atoms with Crippen LogP contribution in [-0.4, -0.2) is 52.5 Å². The van der Waals surface area contributed by atoms with E-state index < -0.39 is 15.9 Å². The van der Waals surface area contributed by atoms with Crippen LogP contribution < -0.4 is 10.0 Å². The van der Waals surface area contributed by atoms with E-state index in [1.54, 1.807) is 0 Å². The summed E-state index contributed by atoms with van der Waals surface area (Å²) in [4.78, 5) is 14.4. The molecular weight excluding hydrogens is 318 g/mol. The number of hydrogen-bond acceptors (Lipinski definition) is 5. The van der Waals surface area contributed by atoms with Crippen molar-refractivity contribution in [2.75, 3.05) is 33.2 Å². The smallest absolute Gasteiger partial charge is 0.287 e. The van der Waals surface area contributed by atoms with Gasteiger partial charge in [-0.3, -0.25) is 4.79 Å². The van der Waals surface area contributed by atoms with Crippen molar-refractivity contribution in [2.24, 2.45) is 5.92 Å². The van der Waals surface area contributed by atoms with E-state index in [0.717, 1.165) is 32.0 Å². The molecule has 23 heavy (non-hydrogen) atoms. The number of piperidine rings is 1. The van der Waals surface area contributed by atoms with Crippen molar-refractivity contribution in [3.8, 4) is 0 Å². The Bertz CT molecular complexity index is 626. The molecule has 2 N–H and O–H groups in total. The minimum absolute atomic E-state index is 0.00502. The van der Waals surface area contributed by atoms with E-state index in [4.69, 9.17) is 4.42 Å². The molecule has 0 saturated carbocycles. The zero-order valence-electron chi connectivity index (χ0n) is 13.7. The van der Waals surface area contributed by atoms with Crippen molar-refractivity contribution in [2.45, 2.75) is 31.3 Å². The van der Waals surface area contributed by atoms with Gasteiger partial charge in [-0.15, -0.1) is 0 Å². The van der Waals surface area contributed by atoms with Crippen LogP contribution in [0, 0.1) is 5.92 Å². The van der Waals surface area contributed by atoms with Gasteiger partial charge in [-0.2, -0.15) is 0 Å². The predicted molar refractivity (Wildman–Crippen MR) is 86.7 cm³/mol. The van der Waals surface area contributed by atoms with Crippen LogP contribution in [0.5, 0.6) is 0 Å². The first kappa shape index (κ1) is 18.0. The van der Waals surface area contributed by atoms with Crippen LogP contribution in [0.25, 0.3) is 0 Å². The monoisotopic (exact) mass is 343 g/mol. The van der Waals surface area contributed by atoms with Gasteiger partial charge in [-0.1, -0.05) is 6.92 Å². The Morgan fingerprint density at radius 3 is 2.91 bits per heavy atom. The summed E-state index contributed by atoms with van der Waals surface area (Å²) in [6, 6.07) is 2.64. The molecule has 0 unspecified atom stereocenters. The predicted octanol–water partition coefficient (Wildman–Crippen LogP) is 1.04. The van der Waals surface area contributed by atoms with Crippen molar-refractivity contribution >= 4 is 15.9 Å². The molecule has 0 aliphatic carbocycles. The van der Waals surface area contributed by atoms with Crippen LogP contribution in [0.3, 0.4) is 0 Å². The first-order chi connectivity index (χ1) is 10.9. The van der Waals surface area contributed by atoms with Gasteiger partial charge >= 0.3 is 0 Å². The van der Waals surface area contributed by atoms with Gasteiger partial charge < -0.3 is 14.6 Å². The van der Waals surface area contributed by atoms with Gasteiger partial charge in [0.1, 0.15) is 0 Å². The molecule has 1 aliphatic rings. The van der Waals surface area contributed by atoms with E-state index in [0.29, 0.717) is 6.54 Å². The molecule has 2 rings (SSSR count). The molecule has 1 aromatic heterocycles. The number of likely N-dealkylation sites (tertiary alicyclic amines) is 1. The van der Waals surface area contributed by atoms with E-state index in [1.165, 1.54) is 32.0 Å². The third-order valence-corrected chi connectivity index (χ3v) is 5.30. The standard InChI is InChI=1S/C15H25N3O4S/c1-12-5-3-9-18(11-12)10-4-8-17-15(19)13-6-7-14(22-13)23(20,21)16-2/h6-7,12,16H,3-5,8-11H2,1-2H3,(H,17,19)/t12-/m0/s1. The Morgan fingerprint density at radius 2 is 2.22 bits per heavy atom. The molecule has 0 radical (unpaired) electrons. The molecule has 0 spiro atoms. The lowest BCUT2D eigenvalue weighted by molar-refractivity contribution is 0.0917. The van der Waals surface area contributed by atoms with E-state index in [1.807, 2.05) is 0 Å². The van der Waals surface area contributed by atoms with Crippen molar-refractivity contribution in [1.82, 2.24) is 14.9 Å². The highest BCUT2D eigenvalue weighted by atomic mass is 32.2. The maximum absolute atomic E-state index is 11.9. The summed E-state index contributed by atoms with van der Waals surface area (Å²) in [5.41, 5.74) is 0. The molecule has 1 aromatic rings. The van der Waals surface area contributed by atoms with Crippen molar-refractivity contribution in [3.63, 3.8) is 0 Å². The zero-order valence-corrected chi connectivity index (χ0v) is 14.5. The molecular formula is C15H25N3O4S. The Kier molecular flexibility index (Phi) is 6.20. The van der Waals surface area contributed by atoms with Crippen LogP contribution in [0.4, 0.5) is 0 Å². The summed E-state index contributed by atoms with van der Waals surface area (Å²) in [7, 11) is -2.37. The minimum atomic E-state index is -3.66. The van der Waals surface area contributed by atoms with Crippen molar-refractivity contribution in [3.05, 3.63) is 17.9 Å². The number of amides is 1.